The maximum atomic E-state index is 9.62. The zero-order valence-corrected chi connectivity index (χ0v) is 15.3. The predicted octanol–water partition coefficient (Wildman–Crippen LogP) is 3.57. The van der Waals surface area contributed by atoms with E-state index < -0.39 is 7.12 Å². The molecule has 4 heteroatoms. The average Bonchev–Trinajstić information content (AvgIpc) is 2.94. The molecule has 0 radical (unpaired) electrons. The van der Waals surface area contributed by atoms with Crippen molar-refractivity contribution in [2.24, 2.45) is 5.92 Å². The quantitative estimate of drug-likeness (QED) is 0.664. The van der Waals surface area contributed by atoms with E-state index in [4.69, 9.17) is 0 Å². The van der Waals surface area contributed by atoms with Crippen LogP contribution < -0.4 is 5.46 Å². The highest BCUT2D eigenvalue weighted by Crippen LogP contribution is 2.51. The standard InChI is InChI=1S/C22H22BNO2/c1-13-6-4-9-19-20(13)22(2,3)17-8-5-7-15-16-12-14(23(25)26)10-11-18(16)24(19)21(15)17/h4-5,7-13,25-26H,6H2,1-3H3. The molecule has 1 unspecified atom stereocenters. The minimum Gasteiger partial charge on any atom is -0.423 e. The van der Waals surface area contributed by atoms with Crippen LogP contribution in [0.1, 0.15) is 32.8 Å². The van der Waals surface area contributed by atoms with Gasteiger partial charge >= 0.3 is 7.12 Å². The van der Waals surface area contributed by atoms with Gasteiger partial charge < -0.3 is 14.6 Å². The molecule has 1 aliphatic carbocycles. The molecule has 0 fully saturated rings. The summed E-state index contributed by atoms with van der Waals surface area (Å²) in [4.78, 5) is 0. The molecule has 2 aliphatic rings. The van der Waals surface area contributed by atoms with Crippen molar-refractivity contribution in [3.05, 3.63) is 59.7 Å². The van der Waals surface area contributed by atoms with E-state index in [1.54, 1.807) is 0 Å². The third-order valence-corrected chi connectivity index (χ3v) is 6.23. The number of para-hydroxylation sites is 1. The number of benzene rings is 2. The minimum atomic E-state index is -1.45. The Morgan fingerprint density at radius 2 is 1.92 bits per heavy atom. The molecule has 1 aliphatic heterocycles. The second kappa shape index (κ2) is 5.12. The van der Waals surface area contributed by atoms with Gasteiger partial charge in [-0.05, 0) is 41.1 Å². The van der Waals surface area contributed by atoms with Crippen molar-refractivity contribution < 1.29 is 10.0 Å². The largest absolute Gasteiger partial charge is 0.488 e. The maximum Gasteiger partial charge on any atom is 0.488 e. The Kier molecular flexibility index (Phi) is 3.14. The van der Waals surface area contributed by atoms with Crippen LogP contribution in [0.3, 0.4) is 0 Å². The summed E-state index contributed by atoms with van der Waals surface area (Å²) in [6.07, 6.45) is 5.62. The Bertz CT molecular complexity index is 1130. The second-order valence-corrected chi connectivity index (χ2v) is 8.15. The van der Waals surface area contributed by atoms with Gasteiger partial charge in [0, 0.05) is 21.9 Å². The molecule has 2 aromatic carbocycles. The first-order valence-corrected chi connectivity index (χ1v) is 9.26. The Labute approximate surface area is 153 Å². The van der Waals surface area contributed by atoms with Crippen molar-refractivity contribution in [2.75, 3.05) is 0 Å². The lowest BCUT2D eigenvalue weighted by Gasteiger charge is -2.40. The average molecular weight is 343 g/mol. The van der Waals surface area contributed by atoms with Gasteiger partial charge in [-0.25, -0.2) is 0 Å². The van der Waals surface area contributed by atoms with Gasteiger partial charge in [-0.1, -0.05) is 57.2 Å². The van der Waals surface area contributed by atoms with Gasteiger partial charge in [0.25, 0.3) is 0 Å². The zero-order valence-electron chi connectivity index (χ0n) is 15.3. The van der Waals surface area contributed by atoms with Crippen LogP contribution in [0, 0.1) is 5.92 Å². The monoisotopic (exact) mass is 343 g/mol. The molecule has 3 aromatic rings. The van der Waals surface area contributed by atoms with E-state index in [9.17, 15) is 10.0 Å². The van der Waals surface area contributed by atoms with E-state index in [1.165, 1.54) is 27.7 Å². The SMILES string of the molecule is CC1CC=CC2=C1C(C)(C)c1cccc3c4cc(B(O)O)ccc4n2c13. The number of hydrogen-bond donors (Lipinski definition) is 2. The van der Waals surface area contributed by atoms with Gasteiger partial charge in [0.05, 0.1) is 11.0 Å². The Balaban J connectivity index is 2.00. The first kappa shape index (κ1) is 15.9. The number of allylic oxidation sites excluding steroid dienone is 4. The fourth-order valence-electron chi connectivity index (χ4n) is 5.12. The minimum absolute atomic E-state index is 0.0251. The molecule has 5 rings (SSSR count). The Hall–Kier alpha value is -2.30. The summed E-state index contributed by atoms with van der Waals surface area (Å²) in [5, 5.41) is 21.5. The zero-order chi connectivity index (χ0) is 18.2. The molecular weight excluding hydrogens is 321 g/mol. The van der Waals surface area contributed by atoms with Crippen molar-refractivity contribution in [2.45, 2.75) is 32.6 Å². The molecule has 2 N–H and O–H groups in total. The van der Waals surface area contributed by atoms with E-state index in [0.717, 1.165) is 17.3 Å². The van der Waals surface area contributed by atoms with Crippen molar-refractivity contribution in [3.63, 3.8) is 0 Å². The summed E-state index contributed by atoms with van der Waals surface area (Å²) in [7, 11) is -1.45. The van der Waals surface area contributed by atoms with Crippen LogP contribution in [-0.4, -0.2) is 21.7 Å². The predicted molar refractivity (Wildman–Crippen MR) is 108 cm³/mol. The molecule has 0 saturated heterocycles. The molecule has 130 valence electrons. The molecule has 1 aromatic heterocycles. The van der Waals surface area contributed by atoms with Crippen LogP contribution >= 0.6 is 0 Å². The van der Waals surface area contributed by atoms with Crippen molar-refractivity contribution >= 4 is 40.1 Å². The van der Waals surface area contributed by atoms with Crippen LogP contribution in [0.5, 0.6) is 0 Å². The molecule has 26 heavy (non-hydrogen) atoms. The number of rotatable bonds is 1. The van der Waals surface area contributed by atoms with Crippen LogP contribution in [0.15, 0.2) is 54.1 Å². The fourth-order valence-corrected chi connectivity index (χ4v) is 5.12. The summed E-state index contributed by atoms with van der Waals surface area (Å²) in [5.74, 6) is 0.504. The highest BCUT2D eigenvalue weighted by atomic mass is 16.4. The van der Waals surface area contributed by atoms with Gasteiger partial charge in [-0.15, -0.1) is 0 Å². The Morgan fingerprint density at radius 1 is 1.12 bits per heavy atom. The molecule has 3 nitrogen and oxygen atoms in total. The van der Waals surface area contributed by atoms with Crippen molar-refractivity contribution in [1.29, 1.82) is 0 Å². The second-order valence-electron chi connectivity index (χ2n) is 8.15. The molecule has 0 saturated carbocycles. The van der Waals surface area contributed by atoms with E-state index >= 15 is 0 Å². The summed E-state index contributed by atoms with van der Waals surface area (Å²) in [6.45, 7) is 6.98. The first-order chi connectivity index (χ1) is 12.4. The lowest BCUT2D eigenvalue weighted by Crippen LogP contribution is -2.31. The summed E-state index contributed by atoms with van der Waals surface area (Å²) >= 11 is 0. The van der Waals surface area contributed by atoms with Crippen LogP contribution in [0.2, 0.25) is 0 Å². The van der Waals surface area contributed by atoms with Crippen LogP contribution in [0.25, 0.3) is 27.5 Å². The summed E-state index contributed by atoms with van der Waals surface area (Å²) in [5.41, 5.74) is 6.99. The summed E-state index contributed by atoms with van der Waals surface area (Å²) < 4.78 is 2.38. The first-order valence-electron chi connectivity index (χ1n) is 9.26. The molecule has 0 amide bonds. The number of hydrogen-bond acceptors (Lipinski definition) is 2. The summed E-state index contributed by atoms with van der Waals surface area (Å²) in [6, 6.07) is 12.3. The van der Waals surface area contributed by atoms with Gasteiger partial charge in [0.2, 0.25) is 0 Å². The lowest BCUT2D eigenvalue weighted by atomic mass is 9.68. The van der Waals surface area contributed by atoms with Gasteiger partial charge in [-0.3, -0.25) is 0 Å². The van der Waals surface area contributed by atoms with E-state index in [0.29, 0.717) is 11.4 Å². The molecule has 2 heterocycles. The Morgan fingerprint density at radius 3 is 2.69 bits per heavy atom. The maximum absolute atomic E-state index is 9.62. The van der Waals surface area contributed by atoms with Crippen LogP contribution in [0.4, 0.5) is 0 Å². The number of aromatic nitrogens is 1. The fraction of sp³-hybridized carbons (Fsp3) is 0.273. The third kappa shape index (κ3) is 1.86. The molecule has 0 bridgehead atoms. The van der Waals surface area contributed by atoms with E-state index in [1.807, 2.05) is 18.2 Å². The molecular formula is C22H22BNO2. The molecule has 0 spiro atoms. The highest BCUT2D eigenvalue weighted by molar-refractivity contribution is 6.59. The van der Waals surface area contributed by atoms with E-state index in [2.05, 4.69) is 55.7 Å². The molecule has 1 atom stereocenters. The third-order valence-electron chi connectivity index (χ3n) is 6.23. The topological polar surface area (TPSA) is 45.4 Å². The van der Waals surface area contributed by atoms with Gasteiger partial charge in [0.1, 0.15) is 0 Å². The smallest absolute Gasteiger partial charge is 0.423 e. The highest BCUT2D eigenvalue weighted by Gasteiger charge is 2.39. The van der Waals surface area contributed by atoms with E-state index in [-0.39, 0.29) is 5.41 Å². The number of fused-ring (bicyclic) bond motifs is 4. The van der Waals surface area contributed by atoms with Crippen molar-refractivity contribution in [3.8, 4) is 0 Å². The van der Waals surface area contributed by atoms with Gasteiger partial charge in [0.15, 0.2) is 0 Å². The normalized spacial score (nSPS) is 20.7. The van der Waals surface area contributed by atoms with Crippen molar-refractivity contribution in [1.82, 2.24) is 4.57 Å². The van der Waals surface area contributed by atoms with Gasteiger partial charge in [-0.2, -0.15) is 0 Å². The number of nitrogens with zero attached hydrogens (tertiary/aromatic N) is 1. The van der Waals surface area contributed by atoms with Crippen LogP contribution in [-0.2, 0) is 5.41 Å². The lowest BCUT2D eigenvalue weighted by molar-refractivity contribution is 0.426.